The van der Waals surface area contributed by atoms with E-state index in [1.807, 2.05) is 0 Å². The lowest BCUT2D eigenvalue weighted by Crippen LogP contribution is -2.24. The summed E-state index contributed by atoms with van der Waals surface area (Å²) >= 11 is 0. The standard InChI is InChI=1S/C15H11NO6S.C3H8/c17-14(18)7-16-23(21)9-2-3-10-11-5-8(15(19)20)1-4-12(11)22-13(10)6-9;1-3-2/h1-6,16H,7H2,(H,17,18)(H,19,20);3H2,1-2H3. The van der Waals surface area contributed by atoms with Gasteiger partial charge in [0, 0.05) is 10.8 Å². The van der Waals surface area contributed by atoms with Crippen LogP contribution < -0.4 is 4.72 Å². The van der Waals surface area contributed by atoms with E-state index in [0.717, 1.165) is 0 Å². The first kappa shape index (κ1) is 19.6. The summed E-state index contributed by atoms with van der Waals surface area (Å²) in [5.74, 6) is -2.14. The molecule has 2 aromatic carbocycles. The maximum atomic E-state index is 12.0. The molecule has 138 valence electrons. The van der Waals surface area contributed by atoms with Crippen LogP contribution in [-0.2, 0) is 15.8 Å². The van der Waals surface area contributed by atoms with Crippen LogP contribution in [0.1, 0.15) is 30.6 Å². The number of furan rings is 1. The van der Waals surface area contributed by atoms with Gasteiger partial charge in [-0.25, -0.2) is 13.7 Å². The third-order valence-electron chi connectivity index (χ3n) is 3.26. The van der Waals surface area contributed by atoms with Crippen molar-refractivity contribution in [1.82, 2.24) is 4.72 Å². The third kappa shape index (κ3) is 4.47. The molecule has 7 nitrogen and oxygen atoms in total. The Morgan fingerprint density at radius 3 is 2.35 bits per heavy atom. The zero-order valence-corrected chi connectivity index (χ0v) is 15.1. The van der Waals surface area contributed by atoms with Crippen molar-refractivity contribution in [3.05, 3.63) is 42.0 Å². The van der Waals surface area contributed by atoms with Crippen LogP contribution in [0.3, 0.4) is 0 Å². The van der Waals surface area contributed by atoms with Gasteiger partial charge in [-0.05, 0) is 36.4 Å². The number of carbonyl (C=O) groups is 2. The number of nitrogens with one attached hydrogen (secondary N) is 1. The highest BCUT2D eigenvalue weighted by Gasteiger charge is 2.13. The lowest BCUT2D eigenvalue weighted by atomic mass is 10.1. The molecule has 1 heterocycles. The molecule has 0 amide bonds. The van der Waals surface area contributed by atoms with Gasteiger partial charge in [0.05, 0.1) is 10.5 Å². The van der Waals surface area contributed by atoms with Crippen molar-refractivity contribution in [3.63, 3.8) is 0 Å². The Kier molecular flexibility index (Phi) is 6.48. The molecule has 3 N–H and O–H groups in total. The molecule has 0 fully saturated rings. The minimum atomic E-state index is -1.68. The number of benzene rings is 2. The first-order valence-corrected chi connectivity index (χ1v) is 9.09. The van der Waals surface area contributed by atoms with Gasteiger partial charge in [-0.3, -0.25) is 4.79 Å². The van der Waals surface area contributed by atoms with Crippen molar-refractivity contribution >= 4 is 44.9 Å². The van der Waals surface area contributed by atoms with Gasteiger partial charge in [0.15, 0.2) is 0 Å². The Morgan fingerprint density at radius 1 is 1.04 bits per heavy atom. The van der Waals surface area contributed by atoms with E-state index in [0.29, 0.717) is 26.8 Å². The molecule has 0 aliphatic heterocycles. The second-order valence-electron chi connectivity index (χ2n) is 5.47. The van der Waals surface area contributed by atoms with E-state index in [9.17, 15) is 13.8 Å². The highest BCUT2D eigenvalue weighted by Crippen LogP contribution is 2.30. The van der Waals surface area contributed by atoms with Crippen molar-refractivity contribution in [2.24, 2.45) is 0 Å². The van der Waals surface area contributed by atoms with Crippen LogP contribution in [0.4, 0.5) is 0 Å². The summed E-state index contributed by atoms with van der Waals surface area (Å²) in [5, 5.41) is 19.0. The molecular formula is C18H19NO6S. The molecule has 8 heteroatoms. The molecule has 0 saturated heterocycles. The predicted molar refractivity (Wildman–Crippen MR) is 98.7 cm³/mol. The van der Waals surface area contributed by atoms with Crippen LogP contribution in [0.2, 0.25) is 0 Å². The molecule has 0 aliphatic carbocycles. The van der Waals surface area contributed by atoms with Gasteiger partial charge >= 0.3 is 11.9 Å². The topological polar surface area (TPSA) is 117 Å². The Morgan fingerprint density at radius 2 is 1.73 bits per heavy atom. The number of rotatable bonds is 5. The molecule has 0 aliphatic rings. The van der Waals surface area contributed by atoms with E-state index >= 15 is 0 Å². The lowest BCUT2D eigenvalue weighted by molar-refractivity contribution is -0.135. The highest BCUT2D eigenvalue weighted by molar-refractivity contribution is 7.83. The summed E-state index contributed by atoms with van der Waals surface area (Å²) in [6.07, 6.45) is 1.25. The van der Waals surface area contributed by atoms with Crippen molar-refractivity contribution in [2.45, 2.75) is 25.2 Å². The summed E-state index contributed by atoms with van der Waals surface area (Å²) < 4.78 is 20.0. The molecule has 26 heavy (non-hydrogen) atoms. The summed E-state index contributed by atoms with van der Waals surface area (Å²) in [5.41, 5.74) is 1.12. The van der Waals surface area contributed by atoms with Crippen molar-refractivity contribution in [3.8, 4) is 0 Å². The maximum Gasteiger partial charge on any atom is 0.335 e. The molecule has 3 aromatic rings. The summed E-state index contributed by atoms with van der Waals surface area (Å²) in [7, 11) is -1.68. The van der Waals surface area contributed by atoms with Gasteiger partial charge < -0.3 is 14.6 Å². The molecule has 0 radical (unpaired) electrons. The molecule has 1 atom stereocenters. The fourth-order valence-corrected chi connectivity index (χ4v) is 3.04. The number of aliphatic carboxylic acids is 1. The number of fused-ring (bicyclic) bond motifs is 3. The Balaban J connectivity index is 0.000000758. The fraction of sp³-hybridized carbons (Fsp3) is 0.222. The molecule has 0 bridgehead atoms. The summed E-state index contributed by atoms with van der Waals surface area (Å²) in [4.78, 5) is 21.9. The van der Waals surface area contributed by atoms with Gasteiger partial charge in [0.1, 0.15) is 28.7 Å². The second kappa shape index (κ2) is 8.59. The zero-order valence-electron chi connectivity index (χ0n) is 14.3. The van der Waals surface area contributed by atoms with E-state index < -0.39 is 29.5 Å². The molecule has 3 rings (SSSR count). The first-order valence-electron chi connectivity index (χ1n) is 7.94. The number of hydrogen-bond acceptors (Lipinski definition) is 4. The predicted octanol–water partition coefficient (Wildman–Crippen LogP) is 3.40. The lowest BCUT2D eigenvalue weighted by Gasteiger charge is -2.01. The maximum absolute atomic E-state index is 12.0. The van der Waals surface area contributed by atoms with Crippen LogP contribution in [-0.4, -0.2) is 32.9 Å². The van der Waals surface area contributed by atoms with E-state index in [4.69, 9.17) is 14.6 Å². The van der Waals surface area contributed by atoms with Gasteiger partial charge in [-0.15, -0.1) is 0 Å². The molecule has 1 aromatic heterocycles. The minimum Gasteiger partial charge on any atom is -0.480 e. The zero-order chi connectivity index (χ0) is 19.3. The van der Waals surface area contributed by atoms with Crippen LogP contribution in [0.25, 0.3) is 21.9 Å². The van der Waals surface area contributed by atoms with E-state index in [2.05, 4.69) is 18.6 Å². The average Bonchev–Trinajstić information content (AvgIpc) is 2.97. The number of carboxylic acids is 2. The quantitative estimate of drug-likeness (QED) is 0.627. The van der Waals surface area contributed by atoms with E-state index in [1.54, 1.807) is 24.3 Å². The van der Waals surface area contributed by atoms with Gasteiger partial charge in [0.25, 0.3) is 0 Å². The van der Waals surface area contributed by atoms with Crippen LogP contribution in [0, 0.1) is 0 Å². The third-order valence-corrected chi connectivity index (χ3v) is 4.35. The van der Waals surface area contributed by atoms with Crippen molar-refractivity contribution < 1.29 is 28.4 Å². The smallest absolute Gasteiger partial charge is 0.335 e. The highest BCUT2D eigenvalue weighted by atomic mass is 32.2. The Labute approximate surface area is 152 Å². The minimum absolute atomic E-state index is 0.149. The average molecular weight is 377 g/mol. The number of carboxylic acid groups (broad SMARTS) is 2. The van der Waals surface area contributed by atoms with Crippen LogP contribution in [0.5, 0.6) is 0 Å². The van der Waals surface area contributed by atoms with E-state index in [1.165, 1.54) is 18.6 Å². The SMILES string of the molecule is CCC.O=C(O)CNS(=O)c1ccc2c(c1)oc1ccc(C(=O)O)cc12. The van der Waals surface area contributed by atoms with Crippen molar-refractivity contribution in [1.29, 1.82) is 0 Å². The fourth-order valence-electron chi connectivity index (χ4n) is 2.22. The van der Waals surface area contributed by atoms with Crippen molar-refractivity contribution in [2.75, 3.05) is 6.54 Å². The number of aromatic carboxylic acids is 1. The monoisotopic (exact) mass is 377 g/mol. The summed E-state index contributed by atoms with van der Waals surface area (Å²) in [6, 6.07) is 9.32. The van der Waals surface area contributed by atoms with Gasteiger partial charge in [0.2, 0.25) is 0 Å². The van der Waals surface area contributed by atoms with E-state index in [-0.39, 0.29) is 5.56 Å². The first-order chi connectivity index (χ1) is 12.4. The molecule has 0 spiro atoms. The second-order valence-corrected chi connectivity index (χ2v) is 6.76. The molecular weight excluding hydrogens is 358 g/mol. The van der Waals surface area contributed by atoms with Crippen LogP contribution in [0.15, 0.2) is 45.7 Å². The molecule has 1 unspecified atom stereocenters. The number of hydrogen-bond donors (Lipinski definition) is 3. The van der Waals surface area contributed by atoms with Gasteiger partial charge in [-0.1, -0.05) is 20.3 Å². The Hall–Kier alpha value is -2.71. The normalized spacial score (nSPS) is 11.8. The Bertz CT molecular complexity index is 978. The van der Waals surface area contributed by atoms with Gasteiger partial charge in [-0.2, -0.15) is 0 Å². The largest absolute Gasteiger partial charge is 0.480 e. The van der Waals surface area contributed by atoms with Crippen LogP contribution >= 0.6 is 0 Å². The summed E-state index contributed by atoms with van der Waals surface area (Å²) in [6.45, 7) is 3.83. The molecule has 0 saturated carbocycles.